The van der Waals surface area contributed by atoms with Crippen molar-refractivity contribution in [3.05, 3.63) is 41.1 Å². The van der Waals surface area contributed by atoms with Crippen LogP contribution in [0.5, 0.6) is 5.75 Å². The molecular weight excluding hydrogens is 385 g/mol. The standard InChI is InChI=1S/C17H17F3N2O6/c1-3-26-15(24)13-9(2)21-16(25)22-12(13)8-27-14(23)10-4-6-11(7-5-10)28-17(18,19)20/h4-7,9H,3,8H2,1-2H3,(H2,21,22,25)/t9-/m0/s1. The number of halogens is 3. The first kappa shape index (κ1) is 21.1. The SMILES string of the molecule is CCOC(=O)C1=C(COC(=O)c2ccc(OC(F)(F)F)cc2)NC(=O)N[C@H]1C. The van der Waals surface area contributed by atoms with E-state index in [0.717, 1.165) is 24.3 Å². The summed E-state index contributed by atoms with van der Waals surface area (Å²) in [6.45, 7) is 2.85. The summed E-state index contributed by atoms with van der Waals surface area (Å²) in [5.41, 5.74) is 0.115. The number of nitrogens with one attached hydrogen (secondary N) is 2. The molecule has 11 heteroatoms. The van der Waals surface area contributed by atoms with Gasteiger partial charge in [0.15, 0.2) is 0 Å². The van der Waals surface area contributed by atoms with Crippen molar-refractivity contribution in [2.45, 2.75) is 26.3 Å². The Morgan fingerprint density at radius 1 is 1.11 bits per heavy atom. The normalized spacial score (nSPS) is 16.8. The second kappa shape index (κ2) is 8.63. The zero-order valence-corrected chi connectivity index (χ0v) is 14.9. The van der Waals surface area contributed by atoms with Gasteiger partial charge >= 0.3 is 24.3 Å². The lowest BCUT2D eigenvalue weighted by Gasteiger charge is -2.26. The van der Waals surface area contributed by atoms with Crippen LogP contribution >= 0.6 is 0 Å². The average Bonchev–Trinajstić information content (AvgIpc) is 2.58. The molecule has 2 N–H and O–H groups in total. The van der Waals surface area contributed by atoms with Gasteiger partial charge in [0.1, 0.15) is 12.4 Å². The lowest BCUT2D eigenvalue weighted by molar-refractivity contribution is -0.274. The van der Waals surface area contributed by atoms with Gasteiger partial charge in [-0.25, -0.2) is 14.4 Å². The highest BCUT2D eigenvalue weighted by Crippen LogP contribution is 2.23. The highest BCUT2D eigenvalue weighted by atomic mass is 19.4. The fourth-order valence-corrected chi connectivity index (χ4v) is 2.41. The average molecular weight is 402 g/mol. The van der Waals surface area contributed by atoms with Gasteiger partial charge in [-0.05, 0) is 38.1 Å². The molecule has 152 valence electrons. The summed E-state index contributed by atoms with van der Waals surface area (Å²) in [6.07, 6.45) is -4.85. The van der Waals surface area contributed by atoms with Crippen molar-refractivity contribution in [3.8, 4) is 5.75 Å². The van der Waals surface area contributed by atoms with Gasteiger partial charge in [0, 0.05) is 0 Å². The van der Waals surface area contributed by atoms with Gasteiger partial charge in [-0.15, -0.1) is 13.2 Å². The molecule has 2 amide bonds. The molecule has 0 bridgehead atoms. The number of ether oxygens (including phenoxy) is 3. The molecule has 0 fully saturated rings. The van der Waals surface area contributed by atoms with E-state index in [4.69, 9.17) is 9.47 Å². The largest absolute Gasteiger partial charge is 0.573 e. The number of rotatable bonds is 6. The van der Waals surface area contributed by atoms with Crippen LogP contribution in [0.2, 0.25) is 0 Å². The van der Waals surface area contributed by atoms with Crippen molar-refractivity contribution < 1.29 is 41.8 Å². The summed E-state index contributed by atoms with van der Waals surface area (Å²) < 4.78 is 50.1. The fraction of sp³-hybridized carbons (Fsp3) is 0.353. The fourth-order valence-electron chi connectivity index (χ4n) is 2.41. The quantitative estimate of drug-likeness (QED) is 0.708. The number of benzene rings is 1. The molecule has 2 rings (SSSR count). The van der Waals surface area contributed by atoms with Crippen LogP contribution in [0.15, 0.2) is 35.5 Å². The van der Waals surface area contributed by atoms with Gasteiger partial charge < -0.3 is 24.8 Å². The van der Waals surface area contributed by atoms with Crippen LogP contribution in [0, 0.1) is 0 Å². The van der Waals surface area contributed by atoms with E-state index in [2.05, 4.69) is 15.4 Å². The number of amides is 2. The van der Waals surface area contributed by atoms with Crippen LogP contribution in [0.3, 0.4) is 0 Å². The van der Waals surface area contributed by atoms with E-state index in [0.29, 0.717) is 0 Å². The van der Waals surface area contributed by atoms with Crippen molar-refractivity contribution in [2.24, 2.45) is 0 Å². The molecule has 1 aliphatic heterocycles. The van der Waals surface area contributed by atoms with E-state index < -0.39 is 42.7 Å². The van der Waals surface area contributed by atoms with Crippen LogP contribution in [0.1, 0.15) is 24.2 Å². The topological polar surface area (TPSA) is 103 Å². The monoisotopic (exact) mass is 402 g/mol. The molecule has 0 spiro atoms. The van der Waals surface area contributed by atoms with Gasteiger partial charge in [0.25, 0.3) is 0 Å². The Morgan fingerprint density at radius 2 is 1.75 bits per heavy atom. The maximum absolute atomic E-state index is 12.2. The maximum atomic E-state index is 12.2. The van der Waals surface area contributed by atoms with E-state index in [1.165, 1.54) is 0 Å². The molecule has 8 nitrogen and oxygen atoms in total. The molecule has 0 aliphatic carbocycles. The number of hydrogen-bond donors (Lipinski definition) is 2. The lowest BCUT2D eigenvalue weighted by atomic mass is 10.0. The van der Waals surface area contributed by atoms with E-state index >= 15 is 0 Å². The molecule has 0 unspecified atom stereocenters. The number of urea groups is 1. The predicted octanol–water partition coefficient (Wildman–Crippen LogP) is 2.26. The van der Waals surface area contributed by atoms with Crippen LogP contribution in [0.25, 0.3) is 0 Å². The third-order valence-electron chi connectivity index (χ3n) is 3.54. The number of esters is 2. The van der Waals surface area contributed by atoms with Gasteiger partial charge in [-0.3, -0.25) is 0 Å². The highest BCUT2D eigenvalue weighted by molar-refractivity contribution is 5.95. The van der Waals surface area contributed by atoms with E-state index in [1.54, 1.807) is 13.8 Å². The summed E-state index contributed by atoms with van der Waals surface area (Å²) in [5, 5.41) is 4.87. The maximum Gasteiger partial charge on any atom is 0.573 e. The van der Waals surface area contributed by atoms with Gasteiger partial charge in [0.05, 0.1) is 29.5 Å². The molecule has 1 atom stereocenters. The number of alkyl halides is 3. The third kappa shape index (κ3) is 5.63. The summed E-state index contributed by atoms with van der Waals surface area (Å²) in [7, 11) is 0. The molecule has 1 aliphatic rings. The highest BCUT2D eigenvalue weighted by Gasteiger charge is 2.32. The Morgan fingerprint density at radius 3 is 2.32 bits per heavy atom. The zero-order chi connectivity index (χ0) is 20.9. The van der Waals surface area contributed by atoms with Crippen molar-refractivity contribution in [2.75, 3.05) is 13.2 Å². The summed E-state index contributed by atoms with van der Waals surface area (Å²) in [4.78, 5) is 35.8. The Kier molecular flexibility index (Phi) is 6.49. The number of carbonyl (C=O) groups is 3. The Labute approximate surface area is 157 Å². The minimum Gasteiger partial charge on any atom is -0.463 e. The number of carbonyl (C=O) groups excluding carboxylic acids is 3. The third-order valence-corrected chi connectivity index (χ3v) is 3.54. The van der Waals surface area contributed by atoms with Crippen molar-refractivity contribution in [1.29, 1.82) is 0 Å². The zero-order valence-electron chi connectivity index (χ0n) is 14.9. The first-order valence-corrected chi connectivity index (χ1v) is 8.11. The lowest BCUT2D eigenvalue weighted by Crippen LogP contribution is -2.50. The summed E-state index contributed by atoms with van der Waals surface area (Å²) in [5.74, 6) is -2.03. The minimum atomic E-state index is -4.85. The summed E-state index contributed by atoms with van der Waals surface area (Å²) >= 11 is 0. The molecule has 0 saturated heterocycles. The van der Waals surface area contributed by atoms with Gasteiger partial charge in [-0.2, -0.15) is 0 Å². The van der Waals surface area contributed by atoms with Crippen molar-refractivity contribution in [1.82, 2.24) is 10.6 Å². The van der Waals surface area contributed by atoms with E-state index in [1.807, 2.05) is 0 Å². The van der Waals surface area contributed by atoms with Crippen LogP contribution in [-0.2, 0) is 14.3 Å². The van der Waals surface area contributed by atoms with Crippen LogP contribution < -0.4 is 15.4 Å². The second-order valence-electron chi connectivity index (χ2n) is 5.58. The molecule has 0 radical (unpaired) electrons. The first-order valence-electron chi connectivity index (χ1n) is 8.11. The smallest absolute Gasteiger partial charge is 0.463 e. The molecule has 28 heavy (non-hydrogen) atoms. The second-order valence-corrected chi connectivity index (χ2v) is 5.58. The molecule has 0 aromatic heterocycles. The van der Waals surface area contributed by atoms with E-state index in [-0.39, 0.29) is 23.4 Å². The Bertz CT molecular complexity index is 789. The Hall–Kier alpha value is -3.24. The molecule has 0 saturated carbocycles. The molecule has 1 heterocycles. The Balaban J connectivity index is 2.09. The molecule has 1 aromatic carbocycles. The van der Waals surface area contributed by atoms with Crippen LogP contribution in [-0.4, -0.2) is 43.6 Å². The van der Waals surface area contributed by atoms with Gasteiger partial charge in [-0.1, -0.05) is 0 Å². The van der Waals surface area contributed by atoms with Crippen LogP contribution in [0.4, 0.5) is 18.0 Å². The van der Waals surface area contributed by atoms with E-state index in [9.17, 15) is 27.6 Å². The predicted molar refractivity (Wildman–Crippen MR) is 88.2 cm³/mol. The summed E-state index contributed by atoms with van der Waals surface area (Å²) in [6, 6.07) is 2.85. The first-order chi connectivity index (χ1) is 13.1. The minimum absolute atomic E-state index is 0.0406. The van der Waals surface area contributed by atoms with Gasteiger partial charge in [0.2, 0.25) is 0 Å². The number of hydrogen-bond acceptors (Lipinski definition) is 6. The molecular formula is C17H17F3N2O6. The molecule has 1 aromatic rings. The van der Waals surface area contributed by atoms with Crippen molar-refractivity contribution in [3.63, 3.8) is 0 Å². The van der Waals surface area contributed by atoms with Crippen molar-refractivity contribution >= 4 is 18.0 Å².